The first-order valence-electron chi connectivity index (χ1n) is 7.13. The van der Waals surface area contributed by atoms with Gasteiger partial charge in [0.15, 0.2) is 5.69 Å². The average Bonchev–Trinajstić information content (AvgIpc) is 2.71. The highest BCUT2D eigenvalue weighted by Gasteiger charge is 2.39. The minimum absolute atomic E-state index is 0.0531. The van der Waals surface area contributed by atoms with Gasteiger partial charge in [0, 0.05) is 18.2 Å². The summed E-state index contributed by atoms with van der Waals surface area (Å²) < 4.78 is 40.2. The molecule has 134 valence electrons. The lowest BCUT2D eigenvalue weighted by molar-refractivity contribution is -0.143. The first kappa shape index (κ1) is 20.0. The Hall–Kier alpha value is -1.34. The van der Waals surface area contributed by atoms with E-state index in [1.807, 2.05) is 13.3 Å². The molecule has 0 aliphatic heterocycles. The molecule has 0 aliphatic rings. The van der Waals surface area contributed by atoms with E-state index >= 15 is 0 Å². The molecule has 8 heteroatoms. The smallest absolute Gasteiger partial charge is 0.262 e. The van der Waals surface area contributed by atoms with Crippen molar-refractivity contribution in [2.45, 2.75) is 13.1 Å². The fourth-order valence-corrected chi connectivity index (χ4v) is 3.27. The van der Waals surface area contributed by atoms with Crippen LogP contribution in [0.15, 0.2) is 12.1 Å². The lowest BCUT2D eigenvalue weighted by Crippen LogP contribution is -2.12. The molecular formula is C17H16Cl2F3N2P. The summed E-state index contributed by atoms with van der Waals surface area (Å²) in [6, 6.07) is 3.27. The number of benzene rings is 1. The highest BCUT2D eigenvalue weighted by Crippen LogP contribution is 2.41. The molecule has 2 aromatic rings. The maximum absolute atomic E-state index is 13.1. The van der Waals surface area contributed by atoms with Crippen molar-refractivity contribution in [2.75, 3.05) is 13.3 Å². The predicted octanol–water partition coefficient (Wildman–Crippen LogP) is 5.74. The van der Waals surface area contributed by atoms with E-state index in [0.717, 1.165) is 4.68 Å². The van der Waals surface area contributed by atoms with Gasteiger partial charge in [-0.15, -0.1) is 0 Å². The minimum atomic E-state index is -4.59. The van der Waals surface area contributed by atoms with Crippen molar-refractivity contribution in [3.05, 3.63) is 39.0 Å². The first-order chi connectivity index (χ1) is 11.3. The standard InChI is InChI=1S/C17H16Cl2F3N2P/c1-10-8-13(18)11(6-7-25(3,4)5)9-12(10)15-14(19)16(17(20,21)22)24(2)23-15/h8-9H,3H2,1-2,4-5H3. The summed E-state index contributed by atoms with van der Waals surface area (Å²) >= 11 is 12.2. The fraction of sp³-hybridized carbons (Fsp3) is 0.294. The maximum atomic E-state index is 13.1. The zero-order valence-corrected chi connectivity index (χ0v) is 16.5. The van der Waals surface area contributed by atoms with Crippen molar-refractivity contribution >= 4 is 36.4 Å². The molecule has 25 heavy (non-hydrogen) atoms. The molecule has 0 atom stereocenters. The van der Waals surface area contributed by atoms with Crippen LogP contribution in [0, 0.1) is 18.5 Å². The lowest BCUT2D eigenvalue weighted by atomic mass is 10.0. The van der Waals surface area contributed by atoms with E-state index in [4.69, 9.17) is 23.2 Å². The summed E-state index contributed by atoms with van der Waals surface area (Å²) in [4.78, 5) is 0. The zero-order valence-electron chi connectivity index (χ0n) is 14.1. The van der Waals surface area contributed by atoms with E-state index < -0.39 is 23.8 Å². The van der Waals surface area contributed by atoms with Crippen LogP contribution in [0.5, 0.6) is 0 Å². The van der Waals surface area contributed by atoms with Crippen LogP contribution in [-0.4, -0.2) is 29.4 Å². The van der Waals surface area contributed by atoms with Crippen molar-refractivity contribution in [3.8, 4) is 22.8 Å². The van der Waals surface area contributed by atoms with Crippen molar-refractivity contribution in [1.29, 1.82) is 0 Å². The molecule has 1 heterocycles. The normalized spacial score (nSPS) is 12.0. The molecule has 0 fully saturated rings. The van der Waals surface area contributed by atoms with Crippen molar-refractivity contribution in [2.24, 2.45) is 7.05 Å². The number of hydrogen-bond acceptors (Lipinski definition) is 1. The van der Waals surface area contributed by atoms with Gasteiger partial charge in [0.2, 0.25) is 0 Å². The van der Waals surface area contributed by atoms with Crippen LogP contribution in [0.1, 0.15) is 16.8 Å². The summed E-state index contributed by atoms with van der Waals surface area (Å²) in [7, 11) is 1.21. The molecule has 0 saturated heterocycles. The third kappa shape index (κ3) is 4.44. The van der Waals surface area contributed by atoms with Crippen molar-refractivity contribution in [1.82, 2.24) is 9.78 Å². The van der Waals surface area contributed by atoms with Gasteiger partial charge >= 0.3 is 6.18 Å². The molecule has 1 aromatic carbocycles. The number of nitrogens with zero attached hydrogens (tertiary/aromatic N) is 2. The molecule has 2 rings (SSSR count). The Balaban J connectivity index is 2.69. The monoisotopic (exact) mass is 406 g/mol. The topological polar surface area (TPSA) is 17.8 Å². The third-order valence-corrected chi connectivity index (χ3v) is 4.71. The van der Waals surface area contributed by atoms with Crippen LogP contribution in [0.3, 0.4) is 0 Å². The second kappa shape index (κ2) is 6.76. The second-order valence-corrected chi connectivity index (χ2v) is 10.6. The molecule has 0 spiro atoms. The quantitative estimate of drug-likeness (QED) is 0.436. The molecule has 0 unspecified atom stereocenters. The molecule has 0 aliphatic carbocycles. The van der Waals surface area contributed by atoms with Crippen LogP contribution in [-0.2, 0) is 13.2 Å². The molecule has 2 nitrogen and oxygen atoms in total. The van der Waals surface area contributed by atoms with Gasteiger partial charge in [-0.2, -0.15) is 18.3 Å². The SMILES string of the molecule is C=P(C)(C)C#Cc1cc(-c2nn(C)c(C(F)(F)F)c2Cl)c(C)cc1Cl. The molecule has 0 bridgehead atoms. The minimum Gasteiger partial charge on any atom is -0.262 e. The van der Waals surface area contributed by atoms with Crippen molar-refractivity contribution < 1.29 is 13.2 Å². The van der Waals surface area contributed by atoms with E-state index in [2.05, 4.69) is 23.0 Å². The van der Waals surface area contributed by atoms with Crippen molar-refractivity contribution in [3.63, 3.8) is 0 Å². The Morgan fingerprint density at radius 2 is 1.84 bits per heavy atom. The highest BCUT2D eigenvalue weighted by atomic mass is 35.5. The maximum Gasteiger partial charge on any atom is 0.434 e. The first-order valence-corrected chi connectivity index (χ1v) is 10.8. The Morgan fingerprint density at radius 3 is 2.32 bits per heavy atom. The molecule has 0 saturated carbocycles. The number of aromatic nitrogens is 2. The summed E-state index contributed by atoms with van der Waals surface area (Å²) in [5.74, 6) is 2.97. The van der Waals surface area contributed by atoms with E-state index in [1.165, 1.54) is 7.05 Å². The second-order valence-electron chi connectivity index (χ2n) is 6.20. The summed E-state index contributed by atoms with van der Waals surface area (Å²) in [5, 5.41) is 3.94. The third-order valence-electron chi connectivity index (χ3n) is 3.32. The van der Waals surface area contributed by atoms with E-state index in [-0.39, 0.29) is 5.69 Å². The molecule has 1 aromatic heterocycles. The van der Waals surface area contributed by atoms with Crippen LogP contribution in [0.4, 0.5) is 13.2 Å². The summed E-state index contributed by atoms with van der Waals surface area (Å²) in [6.07, 6.45) is -0.593. The predicted molar refractivity (Wildman–Crippen MR) is 101 cm³/mol. The van der Waals surface area contributed by atoms with Gasteiger partial charge in [0.25, 0.3) is 0 Å². The Bertz CT molecular complexity index is 944. The van der Waals surface area contributed by atoms with Crippen LogP contribution < -0.4 is 0 Å². The van der Waals surface area contributed by atoms with Gasteiger partial charge in [0.1, 0.15) is 5.69 Å². The van der Waals surface area contributed by atoms with Gasteiger partial charge in [-0.05, 0) is 44.8 Å². The molecule has 0 radical (unpaired) electrons. The number of alkyl halides is 3. The largest absolute Gasteiger partial charge is 0.434 e. The van der Waals surface area contributed by atoms with Crippen LogP contribution in [0.2, 0.25) is 10.0 Å². The van der Waals surface area contributed by atoms with Gasteiger partial charge in [-0.1, -0.05) is 41.1 Å². The van der Waals surface area contributed by atoms with E-state index in [0.29, 0.717) is 21.7 Å². The number of rotatable bonds is 1. The Labute approximate surface area is 154 Å². The summed E-state index contributed by atoms with van der Waals surface area (Å²) in [5.41, 5.74) is 3.75. The van der Waals surface area contributed by atoms with E-state index in [1.54, 1.807) is 19.1 Å². The molecular weight excluding hydrogens is 391 g/mol. The average molecular weight is 407 g/mol. The molecule has 0 N–H and O–H groups in total. The van der Waals surface area contributed by atoms with Crippen LogP contribution >= 0.6 is 30.1 Å². The van der Waals surface area contributed by atoms with Gasteiger partial charge < -0.3 is 0 Å². The summed E-state index contributed by atoms with van der Waals surface area (Å²) in [6.45, 7) is 4.04. The van der Waals surface area contributed by atoms with E-state index in [9.17, 15) is 13.2 Å². The van der Waals surface area contributed by atoms with Crippen LogP contribution in [0.25, 0.3) is 11.3 Å². The Morgan fingerprint density at radius 1 is 1.24 bits per heavy atom. The number of halogens is 5. The number of aryl methyl sites for hydroxylation is 2. The number of hydrogen-bond donors (Lipinski definition) is 0. The fourth-order valence-electron chi connectivity index (χ4n) is 2.21. The lowest BCUT2D eigenvalue weighted by Gasteiger charge is -2.08. The van der Waals surface area contributed by atoms with Gasteiger partial charge in [-0.3, -0.25) is 4.68 Å². The zero-order chi connectivity index (χ0) is 19.2. The molecule has 0 amide bonds. The van der Waals surface area contributed by atoms with Gasteiger partial charge in [-0.25, -0.2) is 0 Å². The Kier molecular flexibility index (Phi) is 5.40. The van der Waals surface area contributed by atoms with Gasteiger partial charge in [0.05, 0.1) is 10.0 Å². The highest BCUT2D eigenvalue weighted by molar-refractivity contribution is 7.77.